The zero-order chi connectivity index (χ0) is 23.0. The van der Waals surface area contributed by atoms with E-state index in [2.05, 4.69) is 24.0 Å². The highest BCUT2D eigenvalue weighted by Gasteiger charge is 2.14. The van der Waals surface area contributed by atoms with Crippen LogP contribution in [0.5, 0.6) is 0 Å². The lowest BCUT2D eigenvalue weighted by Gasteiger charge is -2.08. The second kappa shape index (κ2) is 10.7. The van der Waals surface area contributed by atoms with E-state index < -0.39 is 5.97 Å². The third-order valence-electron chi connectivity index (χ3n) is 5.60. The van der Waals surface area contributed by atoms with Crippen LogP contribution in [-0.2, 0) is 19.4 Å². The Balaban J connectivity index is 1.55. The number of aryl methyl sites for hydroxylation is 1. The third kappa shape index (κ3) is 5.71. The number of aromatic carboxylic acids is 1. The molecule has 0 bridgehead atoms. The minimum atomic E-state index is -0.979. The summed E-state index contributed by atoms with van der Waals surface area (Å²) < 4.78 is 2.01. The van der Waals surface area contributed by atoms with Crippen LogP contribution in [0.1, 0.15) is 59.3 Å². The number of pyridine rings is 1. The minimum absolute atomic E-state index is 0.199. The van der Waals surface area contributed by atoms with Crippen LogP contribution < -0.4 is 0 Å². The number of aromatic nitrogens is 4. The van der Waals surface area contributed by atoms with Crippen LogP contribution >= 0.6 is 0 Å². The van der Waals surface area contributed by atoms with Crippen molar-refractivity contribution in [2.24, 2.45) is 0 Å². The second-order valence-electron chi connectivity index (χ2n) is 8.12. The molecule has 0 saturated carbocycles. The summed E-state index contributed by atoms with van der Waals surface area (Å²) in [5.74, 6) is 0.868. The van der Waals surface area contributed by atoms with Gasteiger partial charge in [0.1, 0.15) is 5.82 Å². The standard InChI is InChI=1S/C27H28N4O2/c1-2-3-5-12-25-29-24(18-20-9-6-4-7-10-20)30-31(25)19-21-13-15-22(16-14-21)26-23(27(32)33)11-8-17-28-26/h4,6-11,13-17H,2-3,5,12,18-19H2,1H3,(H,32,33). The lowest BCUT2D eigenvalue weighted by Crippen LogP contribution is -2.07. The van der Waals surface area contributed by atoms with Crippen molar-refractivity contribution in [3.05, 3.63) is 101 Å². The summed E-state index contributed by atoms with van der Waals surface area (Å²) in [5.41, 5.74) is 3.74. The van der Waals surface area contributed by atoms with Gasteiger partial charge < -0.3 is 5.11 Å². The molecule has 168 valence electrons. The predicted octanol–water partition coefficient (Wildman–Crippen LogP) is 5.41. The van der Waals surface area contributed by atoms with Gasteiger partial charge in [0.15, 0.2) is 5.82 Å². The van der Waals surface area contributed by atoms with E-state index in [1.54, 1.807) is 18.3 Å². The van der Waals surface area contributed by atoms with Crippen LogP contribution in [0.3, 0.4) is 0 Å². The van der Waals surface area contributed by atoms with Crippen molar-refractivity contribution in [3.63, 3.8) is 0 Å². The maximum absolute atomic E-state index is 11.5. The van der Waals surface area contributed by atoms with Gasteiger partial charge in [-0.2, -0.15) is 5.10 Å². The van der Waals surface area contributed by atoms with E-state index in [0.29, 0.717) is 18.7 Å². The van der Waals surface area contributed by atoms with Crippen molar-refractivity contribution in [2.45, 2.75) is 45.6 Å². The normalized spacial score (nSPS) is 10.9. The number of hydrogen-bond acceptors (Lipinski definition) is 4. The van der Waals surface area contributed by atoms with E-state index >= 15 is 0 Å². The molecule has 0 saturated heterocycles. The van der Waals surface area contributed by atoms with Crippen molar-refractivity contribution in [1.82, 2.24) is 19.7 Å². The smallest absolute Gasteiger partial charge is 0.337 e. The Kier molecular flexibility index (Phi) is 7.25. The molecule has 2 aromatic carbocycles. The van der Waals surface area contributed by atoms with Crippen LogP contribution in [0.25, 0.3) is 11.3 Å². The summed E-state index contributed by atoms with van der Waals surface area (Å²) in [4.78, 5) is 20.6. The molecular formula is C27H28N4O2. The average Bonchev–Trinajstić information content (AvgIpc) is 3.21. The van der Waals surface area contributed by atoms with Crippen LogP contribution in [-0.4, -0.2) is 30.8 Å². The highest BCUT2D eigenvalue weighted by Crippen LogP contribution is 2.22. The summed E-state index contributed by atoms with van der Waals surface area (Å²) in [5, 5.41) is 14.3. The fourth-order valence-corrected chi connectivity index (χ4v) is 3.87. The molecule has 0 spiro atoms. The fourth-order valence-electron chi connectivity index (χ4n) is 3.87. The molecular weight excluding hydrogens is 412 g/mol. The molecule has 4 aromatic rings. The van der Waals surface area contributed by atoms with Gasteiger partial charge in [-0.05, 0) is 29.7 Å². The average molecular weight is 441 g/mol. The molecule has 6 heteroatoms. The van der Waals surface area contributed by atoms with Gasteiger partial charge in [-0.15, -0.1) is 0 Å². The summed E-state index contributed by atoms with van der Waals surface area (Å²) in [7, 11) is 0. The highest BCUT2D eigenvalue weighted by atomic mass is 16.4. The molecule has 0 atom stereocenters. The van der Waals surface area contributed by atoms with Crippen molar-refractivity contribution < 1.29 is 9.90 Å². The van der Waals surface area contributed by atoms with E-state index in [4.69, 9.17) is 10.1 Å². The monoisotopic (exact) mass is 440 g/mol. The van der Waals surface area contributed by atoms with Crippen LogP contribution in [0.2, 0.25) is 0 Å². The zero-order valence-electron chi connectivity index (χ0n) is 18.8. The summed E-state index contributed by atoms with van der Waals surface area (Å²) in [6.45, 7) is 2.82. The van der Waals surface area contributed by atoms with Gasteiger partial charge in [0.2, 0.25) is 0 Å². The highest BCUT2D eigenvalue weighted by molar-refractivity contribution is 5.94. The Morgan fingerprint density at radius 1 is 0.939 bits per heavy atom. The van der Waals surface area contributed by atoms with Crippen LogP contribution in [0, 0.1) is 0 Å². The van der Waals surface area contributed by atoms with Crippen molar-refractivity contribution in [3.8, 4) is 11.3 Å². The number of carboxylic acids is 1. The van der Waals surface area contributed by atoms with Crippen LogP contribution in [0.15, 0.2) is 72.9 Å². The number of benzene rings is 2. The number of unbranched alkanes of at least 4 members (excludes halogenated alkanes) is 2. The van der Waals surface area contributed by atoms with Gasteiger partial charge >= 0.3 is 5.97 Å². The van der Waals surface area contributed by atoms with Crippen molar-refractivity contribution in [1.29, 1.82) is 0 Å². The first-order valence-electron chi connectivity index (χ1n) is 11.4. The molecule has 1 N–H and O–H groups in total. The number of nitrogens with zero attached hydrogens (tertiary/aromatic N) is 4. The predicted molar refractivity (Wildman–Crippen MR) is 128 cm³/mol. The molecule has 2 aromatic heterocycles. The van der Waals surface area contributed by atoms with E-state index in [1.165, 1.54) is 18.4 Å². The lowest BCUT2D eigenvalue weighted by atomic mass is 10.0. The van der Waals surface area contributed by atoms with Gasteiger partial charge in [0, 0.05) is 24.6 Å². The Hall–Kier alpha value is -3.80. The molecule has 2 heterocycles. The first-order chi connectivity index (χ1) is 16.1. The molecule has 0 amide bonds. The van der Waals surface area contributed by atoms with E-state index in [-0.39, 0.29) is 5.56 Å². The van der Waals surface area contributed by atoms with Gasteiger partial charge in [-0.1, -0.05) is 74.4 Å². The molecule has 0 aliphatic heterocycles. The second-order valence-corrected chi connectivity index (χ2v) is 8.12. The Morgan fingerprint density at radius 3 is 2.45 bits per heavy atom. The third-order valence-corrected chi connectivity index (χ3v) is 5.60. The molecule has 0 aliphatic rings. The lowest BCUT2D eigenvalue weighted by molar-refractivity contribution is 0.0697. The summed E-state index contributed by atoms with van der Waals surface area (Å²) in [6, 6.07) is 21.3. The Morgan fingerprint density at radius 2 is 1.73 bits per heavy atom. The molecule has 4 rings (SSSR count). The molecule has 33 heavy (non-hydrogen) atoms. The van der Waals surface area contributed by atoms with Gasteiger partial charge in [-0.25, -0.2) is 14.5 Å². The zero-order valence-corrected chi connectivity index (χ0v) is 18.8. The van der Waals surface area contributed by atoms with E-state index in [0.717, 1.165) is 35.6 Å². The first kappa shape index (κ1) is 22.4. The molecule has 0 unspecified atom stereocenters. The van der Waals surface area contributed by atoms with Gasteiger partial charge in [-0.3, -0.25) is 4.98 Å². The van der Waals surface area contributed by atoms with Crippen LogP contribution in [0.4, 0.5) is 0 Å². The van der Waals surface area contributed by atoms with E-state index in [9.17, 15) is 9.90 Å². The quantitative estimate of drug-likeness (QED) is 0.334. The maximum atomic E-state index is 11.5. The van der Waals surface area contributed by atoms with Crippen molar-refractivity contribution >= 4 is 5.97 Å². The number of carboxylic acid groups (broad SMARTS) is 1. The molecule has 0 fully saturated rings. The Bertz CT molecular complexity index is 1200. The topological polar surface area (TPSA) is 80.9 Å². The largest absolute Gasteiger partial charge is 0.478 e. The molecule has 0 aliphatic carbocycles. The minimum Gasteiger partial charge on any atom is -0.478 e. The SMILES string of the molecule is CCCCCc1nc(Cc2ccccc2)nn1Cc1ccc(-c2ncccc2C(=O)O)cc1. The van der Waals surface area contributed by atoms with E-state index in [1.807, 2.05) is 47.1 Å². The number of carbonyl (C=O) groups is 1. The number of hydrogen-bond donors (Lipinski definition) is 1. The van der Waals surface area contributed by atoms with Crippen molar-refractivity contribution in [2.75, 3.05) is 0 Å². The fraction of sp³-hybridized carbons (Fsp3) is 0.259. The van der Waals surface area contributed by atoms with Gasteiger partial charge in [0.25, 0.3) is 0 Å². The maximum Gasteiger partial charge on any atom is 0.337 e. The Labute approximate surface area is 194 Å². The molecule has 0 radical (unpaired) electrons. The summed E-state index contributed by atoms with van der Waals surface area (Å²) in [6.07, 6.45) is 6.66. The first-order valence-corrected chi connectivity index (χ1v) is 11.4. The molecule has 6 nitrogen and oxygen atoms in total. The summed E-state index contributed by atoms with van der Waals surface area (Å²) >= 11 is 0. The number of rotatable bonds is 10. The van der Waals surface area contributed by atoms with Gasteiger partial charge in [0.05, 0.1) is 17.8 Å².